The molecule has 2 heterocycles. The second-order valence-electron chi connectivity index (χ2n) is 6.11. The number of nitrogens with zero attached hydrogens (tertiary/aromatic N) is 1. The number of nitrogens with one attached hydrogen (secondary N) is 1. The Hall–Kier alpha value is -3.34. The molecule has 130 valence electrons. The van der Waals surface area contributed by atoms with Gasteiger partial charge >= 0.3 is 0 Å². The van der Waals surface area contributed by atoms with Gasteiger partial charge in [0.25, 0.3) is 5.91 Å². The number of furan rings is 1. The second kappa shape index (κ2) is 6.52. The standard InChI is InChI=1S/C21H18N2O3/c1-2-18-15(14-7-3-6-10-19(14)26-18)11-12-21(25)23-13-20(24)22-16-8-4-5-9-17(16)23/h3-12H,2,13H2,1H3,(H,22,24). The maximum absolute atomic E-state index is 12.8. The first-order valence-electron chi connectivity index (χ1n) is 8.56. The molecule has 1 aliphatic rings. The molecule has 0 saturated carbocycles. The van der Waals surface area contributed by atoms with Crippen LogP contribution < -0.4 is 10.2 Å². The molecule has 0 saturated heterocycles. The van der Waals surface area contributed by atoms with Gasteiger partial charge in [-0.1, -0.05) is 37.3 Å². The molecule has 0 spiro atoms. The molecular weight excluding hydrogens is 328 g/mol. The molecule has 4 rings (SSSR count). The molecular formula is C21H18N2O3. The predicted molar refractivity (Wildman–Crippen MR) is 102 cm³/mol. The van der Waals surface area contributed by atoms with E-state index < -0.39 is 0 Å². The maximum atomic E-state index is 12.8. The third-order valence-electron chi connectivity index (χ3n) is 4.46. The molecule has 2 amide bonds. The van der Waals surface area contributed by atoms with Gasteiger partial charge in [0.1, 0.15) is 17.9 Å². The normalized spacial score (nSPS) is 13.9. The summed E-state index contributed by atoms with van der Waals surface area (Å²) in [6.45, 7) is 2.02. The minimum atomic E-state index is -0.236. The van der Waals surface area contributed by atoms with Gasteiger partial charge in [0.2, 0.25) is 5.91 Å². The highest BCUT2D eigenvalue weighted by Crippen LogP contribution is 2.30. The van der Waals surface area contributed by atoms with Crippen molar-refractivity contribution in [3.05, 3.63) is 65.9 Å². The van der Waals surface area contributed by atoms with Crippen LogP contribution in [0.5, 0.6) is 0 Å². The fraction of sp³-hybridized carbons (Fsp3) is 0.143. The summed E-state index contributed by atoms with van der Waals surface area (Å²) in [5.41, 5.74) is 3.06. The molecule has 2 aromatic carbocycles. The fourth-order valence-electron chi connectivity index (χ4n) is 3.24. The van der Waals surface area contributed by atoms with Crippen molar-refractivity contribution in [2.24, 2.45) is 0 Å². The van der Waals surface area contributed by atoms with Crippen molar-refractivity contribution < 1.29 is 14.0 Å². The summed E-state index contributed by atoms with van der Waals surface area (Å²) in [6, 6.07) is 15.0. The molecule has 3 aromatic rings. The lowest BCUT2D eigenvalue weighted by Gasteiger charge is -2.28. The molecule has 0 aliphatic carbocycles. The quantitative estimate of drug-likeness (QED) is 0.729. The SMILES string of the molecule is CCc1oc2ccccc2c1C=CC(=O)N1CC(=O)Nc2ccccc21. The number of para-hydroxylation sites is 3. The van der Waals surface area contributed by atoms with Crippen LogP contribution in [0.4, 0.5) is 11.4 Å². The number of hydrogen-bond donors (Lipinski definition) is 1. The van der Waals surface area contributed by atoms with E-state index in [-0.39, 0.29) is 18.4 Å². The lowest BCUT2D eigenvalue weighted by atomic mass is 10.1. The summed E-state index contributed by atoms with van der Waals surface area (Å²) < 4.78 is 5.86. The van der Waals surface area contributed by atoms with E-state index in [1.54, 1.807) is 12.1 Å². The molecule has 0 radical (unpaired) electrons. The molecule has 1 aliphatic heterocycles. The monoisotopic (exact) mass is 346 g/mol. The van der Waals surface area contributed by atoms with E-state index in [1.165, 1.54) is 11.0 Å². The summed E-state index contributed by atoms with van der Waals surface area (Å²) in [6.07, 6.45) is 4.02. The van der Waals surface area contributed by atoms with Crippen molar-refractivity contribution in [2.75, 3.05) is 16.8 Å². The first-order chi connectivity index (χ1) is 12.7. The molecule has 0 unspecified atom stereocenters. The highest BCUT2D eigenvalue weighted by molar-refractivity contribution is 6.14. The van der Waals surface area contributed by atoms with Crippen LogP contribution in [0.15, 0.2) is 59.0 Å². The Kier molecular flexibility index (Phi) is 4.05. The third-order valence-corrected chi connectivity index (χ3v) is 4.46. The van der Waals surface area contributed by atoms with Gasteiger partial charge in [-0.05, 0) is 24.3 Å². The molecule has 5 heteroatoms. The van der Waals surface area contributed by atoms with Crippen LogP contribution >= 0.6 is 0 Å². The van der Waals surface area contributed by atoms with Crippen LogP contribution in [-0.4, -0.2) is 18.4 Å². The van der Waals surface area contributed by atoms with Crippen molar-refractivity contribution in [3.63, 3.8) is 0 Å². The lowest BCUT2D eigenvalue weighted by Crippen LogP contribution is -2.41. The van der Waals surface area contributed by atoms with E-state index >= 15 is 0 Å². The molecule has 5 nitrogen and oxygen atoms in total. The molecule has 1 N–H and O–H groups in total. The first kappa shape index (κ1) is 16.1. The van der Waals surface area contributed by atoms with Crippen LogP contribution in [0.25, 0.3) is 17.0 Å². The number of carbonyl (C=O) groups is 2. The minimum Gasteiger partial charge on any atom is -0.460 e. The van der Waals surface area contributed by atoms with Gasteiger partial charge in [0, 0.05) is 23.4 Å². The van der Waals surface area contributed by atoms with Crippen molar-refractivity contribution in [1.29, 1.82) is 0 Å². The van der Waals surface area contributed by atoms with Gasteiger partial charge in [-0.2, -0.15) is 0 Å². The van der Waals surface area contributed by atoms with Gasteiger partial charge in [0.05, 0.1) is 11.4 Å². The average molecular weight is 346 g/mol. The Bertz CT molecular complexity index is 1030. The Morgan fingerprint density at radius 1 is 1.19 bits per heavy atom. The first-order valence-corrected chi connectivity index (χ1v) is 8.56. The van der Waals surface area contributed by atoms with Crippen molar-refractivity contribution in [2.45, 2.75) is 13.3 Å². The molecule has 0 atom stereocenters. The van der Waals surface area contributed by atoms with E-state index in [0.717, 1.165) is 28.7 Å². The van der Waals surface area contributed by atoms with E-state index in [2.05, 4.69) is 5.32 Å². The molecule has 0 bridgehead atoms. The van der Waals surface area contributed by atoms with E-state index in [4.69, 9.17) is 4.42 Å². The van der Waals surface area contributed by atoms with Crippen LogP contribution in [0, 0.1) is 0 Å². The van der Waals surface area contributed by atoms with Crippen LogP contribution in [0.1, 0.15) is 18.2 Å². The second-order valence-corrected chi connectivity index (χ2v) is 6.11. The Labute approximate surface area is 150 Å². The number of aryl methyl sites for hydroxylation is 1. The highest BCUT2D eigenvalue weighted by Gasteiger charge is 2.25. The van der Waals surface area contributed by atoms with E-state index in [0.29, 0.717) is 11.4 Å². The van der Waals surface area contributed by atoms with Crippen molar-refractivity contribution >= 4 is 40.2 Å². The van der Waals surface area contributed by atoms with E-state index in [1.807, 2.05) is 49.4 Å². The fourth-order valence-corrected chi connectivity index (χ4v) is 3.24. The van der Waals surface area contributed by atoms with Crippen LogP contribution in [0.3, 0.4) is 0 Å². The zero-order chi connectivity index (χ0) is 18.1. The Morgan fingerprint density at radius 2 is 1.96 bits per heavy atom. The van der Waals surface area contributed by atoms with Crippen LogP contribution in [-0.2, 0) is 16.0 Å². The number of benzene rings is 2. The highest BCUT2D eigenvalue weighted by atomic mass is 16.3. The van der Waals surface area contributed by atoms with Gasteiger partial charge in [0.15, 0.2) is 0 Å². The lowest BCUT2D eigenvalue weighted by molar-refractivity contribution is -0.119. The Morgan fingerprint density at radius 3 is 2.81 bits per heavy atom. The summed E-state index contributed by atoms with van der Waals surface area (Å²) >= 11 is 0. The molecule has 1 aromatic heterocycles. The number of anilines is 2. The topological polar surface area (TPSA) is 62.6 Å². The number of hydrogen-bond acceptors (Lipinski definition) is 3. The van der Waals surface area contributed by atoms with Crippen molar-refractivity contribution in [1.82, 2.24) is 0 Å². The van der Waals surface area contributed by atoms with Gasteiger partial charge in [-0.25, -0.2) is 0 Å². The summed E-state index contributed by atoms with van der Waals surface area (Å²) in [5, 5.41) is 3.76. The minimum absolute atomic E-state index is 0.00690. The van der Waals surface area contributed by atoms with Gasteiger partial charge < -0.3 is 9.73 Å². The maximum Gasteiger partial charge on any atom is 0.251 e. The van der Waals surface area contributed by atoms with Crippen molar-refractivity contribution in [3.8, 4) is 0 Å². The third kappa shape index (κ3) is 2.77. The average Bonchev–Trinajstić information content (AvgIpc) is 3.03. The zero-order valence-corrected chi connectivity index (χ0v) is 14.4. The predicted octanol–water partition coefficient (Wildman–Crippen LogP) is 3.99. The largest absolute Gasteiger partial charge is 0.460 e. The number of amides is 2. The summed E-state index contributed by atoms with van der Waals surface area (Å²) in [4.78, 5) is 26.2. The molecule has 0 fully saturated rings. The number of rotatable bonds is 3. The summed E-state index contributed by atoms with van der Waals surface area (Å²) in [7, 11) is 0. The molecule has 26 heavy (non-hydrogen) atoms. The number of carbonyl (C=O) groups excluding carboxylic acids is 2. The number of fused-ring (bicyclic) bond motifs is 2. The van der Waals surface area contributed by atoms with Crippen LogP contribution in [0.2, 0.25) is 0 Å². The smallest absolute Gasteiger partial charge is 0.251 e. The van der Waals surface area contributed by atoms with Gasteiger partial charge in [-0.3, -0.25) is 14.5 Å². The van der Waals surface area contributed by atoms with E-state index in [9.17, 15) is 9.59 Å². The van der Waals surface area contributed by atoms with Gasteiger partial charge in [-0.15, -0.1) is 0 Å². The summed E-state index contributed by atoms with van der Waals surface area (Å²) in [5.74, 6) is 0.403. The zero-order valence-electron chi connectivity index (χ0n) is 14.4. The Balaban J connectivity index is 1.68.